The van der Waals surface area contributed by atoms with Crippen molar-refractivity contribution >= 4 is 18.0 Å². The number of rotatable bonds is 5. The SMILES string of the molecule is CC.COCC1=C(C(=O)OC)CN(C(=O)N2CCCC(NC3CCC(C#N)CC3)C2)C(=O)N1.Fc1ccccc1F.c1ccccc1. The molecule has 2 fully saturated rings. The van der Waals surface area contributed by atoms with Crippen LogP contribution < -0.4 is 10.6 Å². The number of methoxy groups -OCH3 is 2. The Morgan fingerprint density at radius 3 is 2.00 bits per heavy atom. The number of nitrogens with zero attached hydrogens (tertiary/aromatic N) is 3. The van der Waals surface area contributed by atoms with Gasteiger partial charge >= 0.3 is 18.0 Å². The number of benzene rings is 2. The van der Waals surface area contributed by atoms with Crippen LogP contribution in [-0.2, 0) is 14.3 Å². The highest BCUT2D eigenvalue weighted by Crippen LogP contribution is 2.25. The summed E-state index contributed by atoms with van der Waals surface area (Å²) in [5, 5.41) is 15.3. The van der Waals surface area contributed by atoms with Gasteiger partial charge in [-0.25, -0.2) is 28.1 Å². The van der Waals surface area contributed by atoms with Crippen molar-refractivity contribution in [3.8, 4) is 6.07 Å². The van der Waals surface area contributed by atoms with Crippen molar-refractivity contribution in [3.05, 3.63) is 83.6 Å². The fourth-order valence-corrected chi connectivity index (χ4v) is 5.33. The summed E-state index contributed by atoms with van der Waals surface area (Å²) in [6.07, 6.45) is 5.54. The van der Waals surface area contributed by atoms with E-state index in [0.29, 0.717) is 24.8 Å². The van der Waals surface area contributed by atoms with Crippen molar-refractivity contribution in [2.24, 2.45) is 5.92 Å². The fourth-order valence-electron chi connectivity index (χ4n) is 5.33. The van der Waals surface area contributed by atoms with E-state index in [-0.39, 0.29) is 30.7 Å². The first kappa shape index (κ1) is 38.8. The van der Waals surface area contributed by atoms with Crippen molar-refractivity contribution in [1.29, 1.82) is 5.26 Å². The number of carbonyl (C=O) groups excluding carboxylic acids is 3. The van der Waals surface area contributed by atoms with E-state index in [9.17, 15) is 23.2 Å². The maximum Gasteiger partial charge on any atom is 0.337 e. The number of halogens is 2. The van der Waals surface area contributed by atoms with Crippen LogP contribution in [0.3, 0.4) is 0 Å². The second-order valence-electron chi connectivity index (χ2n) is 10.9. The lowest BCUT2D eigenvalue weighted by Crippen LogP contribution is -2.58. The molecule has 1 atom stereocenters. The molecule has 10 nitrogen and oxygen atoms in total. The number of urea groups is 2. The molecule has 4 amide bonds. The van der Waals surface area contributed by atoms with Gasteiger partial charge in [0.25, 0.3) is 0 Å². The Hall–Kier alpha value is -4.34. The minimum absolute atomic E-state index is 0.0436. The van der Waals surface area contributed by atoms with E-state index in [0.717, 1.165) is 55.6 Å². The second-order valence-corrected chi connectivity index (χ2v) is 10.9. The average molecular weight is 656 g/mol. The summed E-state index contributed by atoms with van der Waals surface area (Å²) >= 11 is 0. The van der Waals surface area contributed by atoms with Gasteiger partial charge in [0, 0.05) is 38.2 Å². The number of likely N-dealkylation sites (tertiary alicyclic amines) is 1. The summed E-state index contributed by atoms with van der Waals surface area (Å²) in [4.78, 5) is 40.6. The number of hydrogen-bond acceptors (Lipinski definition) is 7. The van der Waals surface area contributed by atoms with Crippen LogP contribution >= 0.6 is 0 Å². The maximum atomic E-state index is 13.1. The van der Waals surface area contributed by atoms with Crippen molar-refractivity contribution in [1.82, 2.24) is 20.4 Å². The molecule has 0 aromatic heterocycles. The number of piperidine rings is 1. The number of carbonyl (C=O) groups is 3. The molecule has 5 rings (SSSR count). The number of nitriles is 1. The highest BCUT2D eigenvalue weighted by Gasteiger charge is 2.37. The Morgan fingerprint density at radius 2 is 1.51 bits per heavy atom. The highest BCUT2D eigenvalue weighted by atomic mass is 19.2. The van der Waals surface area contributed by atoms with Gasteiger partial charge in [0.05, 0.1) is 37.6 Å². The lowest BCUT2D eigenvalue weighted by molar-refractivity contribution is -0.136. The van der Waals surface area contributed by atoms with Gasteiger partial charge in [-0.3, -0.25) is 0 Å². The molecule has 2 aromatic rings. The van der Waals surface area contributed by atoms with Gasteiger partial charge in [-0.1, -0.05) is 62.4 Å². The molecule has 12 heteroatoms. The van der Waals surface area contributed by atoms with E-state index < -0.39 is 29.7 Å². The topological polar surface area (TPSA) is 124 Å². The van der Waals surface area contributed by atoms with Crippen LogP contribution in [0, 0.1) is 28.9 Å². The number of imide groups is 1. The van der Waals surface area contributed by atoms with E-state index in [1.54, 1.807) is 4.90 Å². The molecule has 2 aliphatic heterocycles. The summed E-state index contributed by atoms with van der Waals surface area (Å²) in [7, 11) is 2.71. The molecule has 0 radical (unpaired) electrons. The zero-order chi connectivity index (χ0) is 34.6. The normalized spacial score (nSPS) is 20.4. The molecule has 0 bridgehead atoms. The first-order valence-electron chi connectivity index (χ1n) is 16.0. The van der Waals surface area contributed by atoms with Crippen molar-refractivity contribution in [2.45, 2.75) is 64.5 Å². The first-order valence-corrected chi connectivity index (χ1v) is 16.0. The molecule has 2 aromatic carbocycles. The first-order chi connectivity index (χ1) is 22.8. The number of amides is 4. The Balaban J connectivity index is 0.000000390. The molecule has 2 heterocycles. The molecule has 47 heavy (non-hydrogen) atoms. The summed E-state index contributed by atoms with van der Waals surface area (Å²) < 4.78 is 33.7. The largest absolute Gasteiger partial charge is 0.466 e. The van der Waals surface area contributed by atoms with Crippen molar-refractivity contribution in [2.75, 3.05) is 40.5 Å². The van der Waals surface area contributed by atoms with E-state index in [4.69, 9.17) is 14.7 Å². The van der Waals surface area contributed by atoms with E-state index in [1.165, 1.54) is 26.4 Å². The minimum Gasteiger partial charge on any atom is -0.466 e. The van der Waals surface area contributed by atoms with Crippen LogP contribution in [0.1, 0.15) is 52.4 Å². The summed E-state index contributed by atoms with van der Waals surface area (Å²) in [5.74, 6) is -2.05. The molecule has 0 spiro atoms. The molecule has 1 saturated heterocycles. The van der Waals surface area contributed by atoms with E-state index in [2.05, 4.69) is 16.7 Å². The van der Waals surface area contributed by atoms with Crippen LogP contribution in [0.25, 0.3) is 0 Å². The molecule has 3 aliphatic rings. The van der Waals surface area contributed by atoms with Crippen LogP contribution in [-0.4, -0.2) is 80.4 Å². The zero-order valence-corrected chi connectivity index (χ0v) is 27.7. The van der Waals surface area contributed by atoms with E-state index >= 15 is 0 Å². The van der Waals surface area contributed by atoms with Crippen LogP contribution in [0.4, 0.5) is 18.4 Å². The average Bonchev–Trinajstić information content (AvgIpc) is 3.12. The lowest BCUT2D eigenvalue weighted by Gasteiger charge is -2.39. The number of esters is 1. The van der Waals surface area contributed by atoms with E-state index in [1.807, 2.05) is 50.2 Å². The third kappa shape index (κ3) is 12.8. The molecule has 1 saturated carbocycles. The molecule has 256 valence electrons. The standard InChI is InChI=1S/C21H31N5O5.C6H4F2.C6H6.C2H6/c1-30-13-18-17(19(27)31-2)12-26(20(28)24-18)21(29)25-9-3-4-16(11-25)23-15-7-5-14(10-22)6-8-15;7-5-3-1-2-4-6(5)8;1-2-4-6-5-3-1;1-2/h14-16,23H,3-9,11-13H2,1-2H3,(H,24,28);1-4H;1-6H;1-2H3. The van der Waals surface area contributed by atoms with Crippen LogP contribution in [0.2, 0.25) is 0 Å². The fraction of sp³-hybridized carbons (Fsp3) is 0.486. The van der Waals surface area contributed by atoms with Gasteiger partial charge in [0.1, 0.15) is 0 Å². The van der Waals surface area contributed by atoms with Gasteiger partial charge in [-0.05, 0) is 50.7 Å². The Bertz CT molecular complexity index is 1280. The third-order valence-electron chi connectivity index (χ3n) is 7.70. The Kier molecular flexibility index (Phi) is 17.7. The lowest BCUT2D eigenvalue weighted by atomic mass is 9.86. The number of nitrogens with one attached hydrogen (secondary N) is 2. The quantitative estimate of drug-likeness (QED) is 0.378. The minimum atomic E-state index is -0.799. The van der Waals surface area contributed by atoms with Crippen molar-refractivity contribution in [3.63, 3.8) is 0 Å². The molecular weight excluding hydrogens is 608 g/mol. The molecular formula is C35H47F2N5O5. The maximum absolute atomic E-state index is 13.1. The predicted molar refractivity (Wildman–Crippen MR) is 175 cm³/mol. The van der Waals surface area contributed by atoms with Gasteiger partial charge in [0.2, 0.25) is 0 Å². The van der Waals surface area contributed by atoms with Gasteiger partial charge in [-0.15, -0.1) is 0 Å². The molecule has 1 unspecified atom stereocenters. The summed E-state index contributed by atoms with van der Waals surface area (Å²) in [6, 6.07) is 18.9. The van der Waals surface area contributed by atoms with Crippen LogP contribution in [0.15, 0.2) is 71.9 Å². The predicted octanol–water partition coefficient (Wildman–Crippen LogP) is 6.02. The van der Waals surface area contributed by atoms with Gasteiger partial charge in [-0.2, -0.15) is 5.26 Å². The summed E-state index contributed by atoms with van der Waals surface area (Å²) in [5.41, 5.74) is 0.521. The van der Waals surface area contributed by atoms with Crippen molar-refractivity contribution < 1.29 is 32.6 Å². The monoisotopic (exact) mass is 655 g/mol. The number of hydrogen-bond donors (Lipinski definition) is 2. The second kappa shape index (κ2) is 21.5. The highest BCUT2D eigenvalue weighted by molar-refractivity contribution is 6.00. The van der Waals surface area contributed by atoms with Crippen LogP contribution in [0.5, 0.6) is 0 Å². The Labute approximate surface area is 276 Å². The van der Waals surface area contributed by atoms with Gasteiger partial charge in [0.15, 0.2) is 11.6 Å². The number of ether oxygens (including phenoxy) is 2. The smallest absolute Gasteiger partial charge is 0.337 e. The summed E-state index contributed by atoms with van der Waals surface area (Å²) in [6.45, 7) is 4.96. The zero-order valence-electron chi connectivity index (χ0n) is 27.7. The van der Waals surface area contributed by atoms with Gasteiger partial charge < -0.3 is 25.0 Å². The third-order valence-corrected chi connectivity index (χ3v) is 7.70. The Morgan fingerprint density at radius 1 is 0.936 bits per heavy atom. The molecule has 1 aliphatic carbocycles. The molecule has 2 N–H and O–H groups in total.